The second kappa shape index (κ2) is 14.0. The Hall–Kier alpha value is -3.14. The lowest BCUT2D eigenvalue weighted by molar-refractivity contribution is -0.140. The Balaban J connectivity index is 2.08. The second-order valence-electron chi connectivity index (χ2n) is 9.31. The third-order valence-electron chi connectivity index (χ3n) is 6.44. The van der Waals surface area contributed by atoms with E-state index in [1.807, 2.05) is 13.8 Å². The summed E-state index contributed by atoms with van der Waals surface area (Å²) < 4.78 is 42.2. The molecule has 0 aliphatic heterocycles. The number of hydrogen-bond donors (Lipinski definition) is 1. The fourth-order valence-corrected chi connectivity index (χ4v) is 5.94. The topological polar surface area (TPSA) is 86.8 Å². The molecular formula is C29H32Cl2FN3O4S. The Morgan fingerprint density at radius 3 is 2.20 bits per heavy atom. The van der Waals surface area contributed by atoms with Crippen LogP contribution >= 0.6 is 23.2 Å². The summed E-state index contributed by atoms with van der Waals surface area (Å²) in [6.45, 7) is 4.83. The Kier molecular flexibility index (Phi) is 11.0. The first-order valence-electron chi connectivity index (χ1n) is 12.8. The van der Waals surface area contributed by atoms with Crippen LogP contribution in [0.3, 0.4) is 0 Å². The highest BCUT2D eigenvalue weighted by Crippen LogP contribution is 2.33. The number of sulfonamides is 1. The number of hydrogen-bond acceptors (Lipinski definition) is 4. The van der Waals surface area contributed by atoms with Crippen molar-refractivity contribution < 1.29 is 22.4 Å². The summed E-state index contributed by atoms with van der Waals surface area (Å²) in [5.41, 5.74) is 0.591. The highest BCUT2D eigenvalue weighted by Gasteiger charge is 2.34. The van der Waals surface area contributed by atoms with Gasteiger partial charge in [0.1, 0.15) is 18.4 Å². The van der Waals surface area contributed by atoms with Crippen LogP contribution in [0.5, 0.6) is 0 Å². The molecule has 11 heteroatoms. The lowest BCUT2D eigenvalue weighted by Crippen LogP contribution is -2.53. The quantitative estimate of drug-likeness (QED) is 0.271. The van der Waals surface area contributed by atoms with Crippen molar-refractivity contribution in [1.29, 1.82) is 0 Å². The number of halogens is 3. The van der Waals surface area contributed by atoms with Gasteiger partial charge in [0.25, 0.3) is 10.0 Å². The van der Waals surface area contributed by atoms with Gasteiger partial charge >= 0.3 is 0 Å². The number of rotatable bonds is 12. The SMILES string of the molecule is CCC(C)NC(=O)C(CC)N(Cc1ccc(F)cc1)C(=O)CN(c1cc(Cl)ccc1Cl)S(=O)(=O)c1ccccc1. The van der Waals surface area contributed by atoms with Gasteiger partial charge in [-0.1, -0.05) is 67.4 Å². The number of nitrogens with zero attached hydrogens (tertiary/aromatic N) is 2. The normalized spacial score (nSPS) is 12.8. The highest BCUT2D eigenvalue weighted by molar-refractivity contribution is 7.92. The molecule has 0 aliphatic rings. The van der Waals surface area contributed by atoms with E-state index in [1.54, 1.807) is 25.1 Å². The average molecular weight is 609 g/mol. The van der Waals surface area contributed by atoms with E-state index in [1.165, 1.54) is 59.5 Å². The molecule has 1 N–H and O–H groups in total. The summed E-state index contributed by atoms with van der Waals surface area (Å²) >= 11 is 12.6. The minimum Gasteiger partial charge on any atom is -0.352 e. The summed E-state index contributed by atoms with van der Waals surface area (Å²) in [5.74, 6) is -1.46. The predicted molar refractivity (Wildman–Crippen MR) is 156 cm³/mol. The number of benzene rings is 3. The lowest BCUT2D eigenvalue weighted by atomic mass is 10.1. The fraction of sp³-hybridized carbons (Fsp3) is 0.310. The highest BCUT2D eigenvalue weighted by atomic mass is 35.5. The number of carbonyl (C=O) groups excluding carboxylic acids is 2. The molecule has 3 aromatic carbocycles. The molecule has 0 heterocycles. The van der Waals surface area contributed by atoms with E-state index in [-0.39, 0.29) is 45.5 Å². The summed E-state index contributed by atoms with van der Waals surface area (Å²) in [4.78, 5) is 28.6. The van der Waals surface area contributed by atoms with Crippen LogP contribution in [0.25, 0.3) is 0 Å². The van der Waals surface area contributed by atoms with Crippen molar-refractivity contribution in [3.63, 3.8) is 0 Å². The Labute approximate surface area is 244 Å². The molecule has 2 unspecified atom stereocenters. The second-order valence-corrected chi connectivity index (χ2v) is 12.0. The van der Waals surface area contributed by atoms with Gasteiger partial charge in [0.15, 0.2) is 0 Å². The molecule has 0 aliphatic carbocycles. The molecule has 0 spiro atoms. The molecule has 3 rings (SSSR count). The molecule has 40 heavy (non-hydrogen) atoms. The number of nitrogens with one attached hydrogen (secondary N) is 1. The van der Waals surface area contributed by atoms with Crippen LogP contribution in [0, 0.1) is 5.82 Å². The van der Waals surface area contributed by atoms with Crippen LogP contribution in [-0.2, 0) is 26.2 Å². The number of carbonyl (C=O) groups is 2. The average Bonchev–Trinajstić information content (AvgIpc) is 2.94. The van der Waals surface area contributed by atoms with Crippen molar-refractivity contribution in [1.82, 2.24) is 10.2 Å². The molecule has 0 fully saturated rings. The molecular weight excluding hydrogens is 576 g/mol. The van der Waals surface area contributed by atoms with Gasteiger partial charge in [-0.15, -0.1) is 0 Å². The van der Waals surface area contributed by atoms with Crippen LogP contribution < -0.4 is 9.62 Å². The van der Waals surface area contributed by atoms with Crippen LogP contribution in [-0.4, -0.2) is 43.8 Å². The third kappa shape index (κ3) is 7.74. The van der Waals surface area contributed by atoms with Gasteiger partial charge < -0.3 is 10.2 Å². The molecule has 3 aromatic rings. The summed E-state index contributed by atoms with van der Waals surface area (Å²) in [6, 6.07) is 16.5. The molecule has 7 nitrogen and oxygen atoms in total. The molecule has 2 amide bonds. The number of anilines is 1. The first-order valence-corrected chi connectivity index (χ1v) is 15.0. The van der Waals surface area contributed by atoms with E-state index in [4.69, 9.17) is 23.2 Å². The summed E-state index contributed by atoms with van der Waals surface area (Å²) in [6.07, 6.45) is 0.947. The largest absolute Gasteiger partial charge is 0.352 e. The van der Waals surface area contributed by atoms with Crippen molar-refractivity contribution in [3.05, 3.63) is 94.2 Å². The molecule has 0 radical (unpaired) electrons. The van der Waals surface area contributed by atoms with Crippen molar-refractivity contribution in [2.75, 3.05) is 10.8 Å². The van der Waals surface area contributed by atoms with E-state index in [9.17, 15) is 22.4 Å². The van der Waals surface area contributed by atoms with Crippen molar-refractivity contribution >= 4 is 50.7 Å². The van der Waals surface area contributed by atoms with Crippen molar-refractivity contribution in [2.45, 2.75) is 57.1 Å². The summed E-state index contributed by atoms with van der Waals surface area (Å²) in [5, 5.41) is 3.20. The zero-order valence-electron chi connectivity index (χ0n) is 22.5. The summed E-state index contributed by atoms with van der Waals surface area (Å²) in [7, 11) is -4.28. The maximum atomic E-state index is 14.0. The number of amides is 2. The van der Waals surface area contributed by atoms with E-state index >= 15 is 0 Å². The van der Waals surface area contributed by atoms with Gasteiger partial charge in [-0.2, -0.15) is 0 Å². The predicted octanol–water partition coefficient (Wildman–Crippen LogP) is 6.05. The van der Waals surface area contributed by atoms with E-state index in [0.29, 0.717) is 12.0 Å². The van der Waals surface area contributed by atoms with Gasteiger partial charge in [0, 0.05) is 17.6 Å². The maximum Gasteiger partial charge on any atom is 0.264 e. The van der Waals surface area contributed by atoms with E-state index in [2.05, 4.69) is 5.32 Å². The standard InChI is InChI=1S/C29H32Cl2FN3O4S/c1-4-20(3)33-29(37)26(5-2)34(18-21-11-14-23(32)15-12-21)28(36)19-35(27-17-22(30)13-16-25(27)31)40(38,39)24-9-7-6-8-10-24/h6-17,20,26H,4-5,18-19H2,1-3H3,(H,33,37). The zero-order valence-corrected chi connectivity index (χ0v) is 24.8. The van der Waals surface area contributed by atoms with Crippen LogP contribution in [0.2, 0.25) is 10.0 Å². The van der Waals surface area contributed by atoms with Crippen molar-refractivity contribution in [3.8, 4) is 0 Å². The molecule has 0 saturated carbocycles. The minimum atomic E-state index is -4.28. The third-order valence-corrected chi connectivity index (χ3v) is 8.77. The molecule has 0 aromatic heterocycles. The Morgan fingerprint density at radius 1 is 0.950 bits per heavy atom. The monoisotopic (exact) mass is 607 g/mol. The molecule has 214 valence electrons. The van der Waals surface area contributed by atoms with E-state index < -0.39 is 34.3 Å². The molecule has 0 bridgehead atoms. The fourth-order valence-electron chi connectivity index (χ4n) is 4.06. The van der Waals surface area contributed by atoms with Crippen LogP contribution in [0.4, 0.5) is 10.1 Å². The van der Waals surface area contributed by atoms with Gasteiger partial charge in [-0.25, -0.2) is 12.8 Å². The maximum absolute atomic E-state index is 14.0. The Morgan fingerprint density at radius 2 is 1.60 bits per heavy atom. The minimum absolute atomic E-state index is 0.0187. The first kappa shape index (κ1) is 31.4. The molecule has 2 atom stereocenters. The molecule has 0 saturated heterocycles. The van der Waals surface area contributed by atoms with Gasteiger partial charge in [0.2, 0.25) is 11.8 Å². The van der Waals surface area contributed by atoms with Crippen LogP contribution in [0.1, 0.15) is 39.2 Å². The van der Waals surface area contributed by atoms with Gasteiger partial charge in [0.05, 0.1) is 15.6 Å². The van der Waals surface area contributed by atoms with E-state index in [0.717, 1.165) is 4.31 Å². The van der Waals surface area contributed by atoms with Gasteiger partial charge in [-0.05, 0) is 67.8 Å². The lowest BCUT2D eigenvalue weighted by Gasteiger charge is -2.34. The van der Waals surface area contributed by atoms with Crippen molar-refractivity contribution in [2.24, 2.45) is 0 Å². The first-order chi connectivity index (χ1) is 19.0. The smallest absolute Gasteiger partial charge is 0.264 e. The zero-order chi connectivity index (χ0) is 29.4. The van der Waals surface area contributed by atoms with Gasteiger partial charge in [-0.3, -0.25) is 13.9 Å². The Bertz CT molecular complexity index is 1420. The van der Waals surface area contributed by atoms with Crippen LogP contribution in [0.15, 0.2) is 77.7 Å².